The summed E-state index contributed by atoms with van der Waals surface area (Å²) in [5.41, 5.74) is 1.86. The lowest BCUT2D eigenvalue weighted by Gasteiger charge is -2.13. The largest absolute Gasteiger partial charge is 0.493 e. The van der Waals surface area contributed by atoms with E-state index >= 15 is 0 Å². The number of benzene rings is 3. The molecule has 0 aromatic heterocycles. The third-order valence-corrected chi connectivity index (χ3v) is 5.66. The van der Waals surface area contributed by atoms with Crippen LogP contribution in [-0.2, 0) is 16.1 Å². The first-order valence-electron chi connectivity index (χ1n) is 10.8. The maximum absolute atomic E-state index is 12.6. The fourth-order valence-electron chi connectivity index (χ4n) is 3.13. The van der Waals surface area contributed by atoms with Crippen LogP contribution < -0.4 is 14.8 Å². The first-order valence-corrected chi connectivity index (χ1v) is 11.6. The van der Waals surface area contributed by atoms with Gasteiger partial charge in [0.1, 0.15) is 18.2 Å². The molecule has 1 amide bonds. The lowest BCUT2D eigenvalue weighted by molar-refractivity contribution is -0.112. The van der Waals surface area contributed by atoms with Crippen molar-refractivity contribution < 1.29 is 23.8 Å². The molecule has 0 aliphatic heterocycles. The second-order valence-electron chi connectivity index (χ2n) is 7.32. The molecule has 7 nitrogen and oxygen atoms in total. The molecule has 1 N–H and O–H groups in total. The number of amides is 1. The van der Waals surface area contributed by atoms with Crippen molar-refractivity contribution in [2.24, 2.45) is 0 Å². The van der Waals surface area contributed by atoms with Crippen LogP contribution in [0.3, 0.4) is 0 Å². The molecule has 0 heterocycles. The summed E-state index contributed by atoms with van der Waals surface area (Å²) in [6, 6.07) is 18.3. The number of methoxy groups -OCH3 is 1. The Hall–Kier alpha value is -3.99. The number of nitrogens with zero attached hydrogens (tertiary/aromatic N) is 1. The molecule has 3 rings (SSSR count). The van der Waals surface area contributed by atoms with Crippen molar-refractivity contribution in [3.05, 3.63) is 93.0 Å². The quantitative estimate of drug-likeness (QED) is 0.200. The van der Waals surface area contributed by atoms with E-state index in [0.29, 0.717) is 43.9 Å². The fourth-order valence-corrected chi connectivity index (χ4v) is 3.64. The van der Waals surface area contributed by atoms with Crippen LogP contribution in [0.1, 0.15) is 28.4 Å². The predicted octanol–water partition coefficient (Wildman–Crippen LogP) is 6.30. The second kappa shape index (κ2) is 12.6. The van der Waals surface area contributed by atoms with E-state index in [1.54, 1.807) is 55.5 Å². The van der Waals surface area contributed by atoms with Gasteiger partial charge < -0.3 is 19.5 Å². The zero-order valence-electron chi connectivity index (χ0n) is 19.5. The second-order valence-corrected chi connectivity index (χ2v) is 8.14. The first-order chi connectivity index (χ1) is 17.4. The third kappa shape index (κ3) is 6.79. The zero-order valence-corrected chi connectivity index (χ0v) is 21.0. The lowest BCUT2D eigenvalue weighted by Crippen LogP contribution is -2.13. The molecule has 9 heteroatoms. The highest BCUT2D eigenvalue weighted by Gasteiger charge is 2.13. The van der Waals surface area contributed by atoms with Crippen molar-refractivity contribution in [2.45, 2.75) is 13.5 Å². The van der Waals surface area contributed by atoms with Gasteiger partial charge >= 0.3 is 5.97 Å². The smallest absolute Gasteiger partial charge is 0.338 e. The van der Waals surface area contributed by atoms with Crippen LogP contribution in [-0.4, -0.2) is 25.6 Å². The minimum Gasteiger partial charge on any atom is -0.493 e. The Morgan fingerprint density at radius 1 is 1.03 bits per heavy atom. The van der Waals surface area contributed by atoms with Crippen LogP contribution in [0.15, 0.2) is 66.2 Å². The van der Waals surface area contributed by atoms with Gasteiger partial charge in [0.15, 0.2) is 11.5 Å². The number of ether oxygens (including phenoxy) is 3. The minimum atomic E-state index is -0.603. The topological polar surface area (TPSA) is 97.7 Å². The number of esters is 1. The number of anilines is 1. The van der Waals surface area contributed by atoms with Gasteiger partial charge in [-0.3, -0.25) is 4.79 Å². The SMILES string of the molecule is CCOC(=O)c1ccc(NC(=O)/C(C#N)=C/c2ccc(OCc3c(Cl)cccc3Cl)c(OC)c2)cc1. The molecule has 0 radical (unpaired) electrons. The molecular formula is C27H22Cl2N2O5. The summed E-state index contributed by atoms with van der Waals surface area (Å²) in [6.07, 6.45) is 1.43. The summed E-state index contributed by atoms with van der Waals surface area (Å²) in [6.45, 7) is 2.11. The van der Waals surface area contributed by atoms with E-state index in [1.165, 1.54) is 25.3 Å². The predicted molar refractivity (Wildman–Crippen MR) is 138 cm³/mol. The van der Waals surface area contributed by atoms with Crippen molar-refractivity contribution in [2.75, 3.05) is 19.0 Å². The fraction of sp³-hybridized carbons (Fsp3) is 0.148. The van der Waals surface area contributed by atoms with E-state index in [4.69, 9.17) is 37.4 Å². The number of halogens is 2. The van der Waals surface area contributed by atoms with Crippen molar-refractivity contribution in [1.29, 1.82) is 5.26 Å². The number of nitrogens with one attached hydrogen (secondary N) is 1. The number of hydrogen-bond donors (Lipinski definition) is 1. The molecule has 0 atom stereocenters. The summed E-state index contributed by atoms with van der Waals surface area (Å²) >= 11 is 12.4. The molecule has 0 saturated heterocycles. The Labute approximate surface area is 218 Å². The number of nitriles is 1. The van der Waals surface area contributed by atoms with Crippen LogP contribution in [0, 0.1) is 11.3 Å². The highest BCUT2D eigenvalue weighted by Crippen LogP contribution is 2.32. The average Bonchev–Trinajstić information content (AvgIpc) is 2.87. The normalized spacial score (nSPS) is 10.8. The monoisotopic (exact) mass is 524 g/mol. The summed E-state index contributed by atoms with van der Waals surface area (Å²) in [5, 5.41) is 13.1. The Balaban J connectivity index is 1.73. The molecule has 0 aliphatic rings. The zero-order chi connectivity index (χ0) is 26.1. The Morgan fingerprint density at radius 2 is 1.72 bits per heavy atom. The van der Waals surface area contributed by atoms with Crippen LogP contribution in [0.2, 0.25) is 10.0 Å². The van der Waals surface area contributed by atoms with E-state index in [0.717, 1.165) is 0 Å². The number of rotatable bonds is 9. The molecule has 3 aromatic rings. The molecule has 0 aliphatic carbocycles. The van der Waals surface area contributed by atoms with E-state index in [2.05, 4.69) is 5.32 Å². The molecule has 0 spiro atoms. The molecule has 0 unspecified atom stereocenters. The van der Waals surface area contributed by atoms with Crippen molar-refractivity contribution in [3.8, 4) is 17.6 Å². The van der Waals surface area contributed by atoms with Gasteiger partial charge in [-0.2, -0.15) is 5.26 Å². The first kappa shape index (κ1) is 26.6. The minimum absolute atomic E-state index is 0.122. The van der Waals surface area contributed by atoms with Gasteiger partial charge in [0.05, 0.1) is 19.3 Å². The molecule has 0 bridgehead atoms. The van der Waals surface area contributed by atoms with Crippen molar-refractivity contribution in [1.82, 2.24) is 0 Å². The molecule has 0 fully saturated rings. The summed E-state index contributed by atoms with van der Waals surface area (Å²) in [7, 11) is 1.48. The molecule has 184 valence electrons. The number of carbonyl (C=O) groups excluding carboxylic acids is 2. The van der Waals surface area contributed by atoms with Gasteiger partial charge in [0.2, 0.25) is 0 Å². The van der Waals surface area contributed by atoms with Crippen LogP contribution in [0.5, 0.6) is 11.5 Å². The molecule has 3 aromatic carbocycles. The van der Waals surface area contributed by atoms with Gasteiger partial charge in [-0.1, -0.05) is 35.3 Å². The van der Waals surface area contributed by atoms with E-state index in [9.17, 15) is 14.9 Å². The Morgan fingerprint density at radius 3 is 2.33 bits per heavy atom. The van der Waals surface area contributed by atoms with Crippen LogP contribution in [0.4, 0.5) is 5.69 Å². The lowest BCUT2D eigenvalue weighted by atomic mass is 10.1. The van der Waals surface area contributed by atoms with Crippen LogP contribution in [0.25, 0.3) is 6.08 Å². The van der Waals surface area contributed by atoms with Gasteiger partial charge in [0, 0.05) is 21.3 Å². The third-order valence-electron chi connectivity index (χ3n) is 4.95. The Kier molecular flexibility index (Phi) is 9.34. The number of carbonyl (C=O) groups is 2. The van der Waals surface area contributed by atoms with Gasteiger partial charge in [-0.15, -0.1) is 0 Å². The van der Waals surface area contributed by atoms with Gasteiger partial charge in [-0.25, -0.2) is 4.79 Å². The highest BCUT2D eigenvalue weighted by molar-refractivity contribution is 6.35. The van der Waals surface area contributed by atoms with E-state index < -0.39 is 11.9 Å². The summed E-state index contributed by atoms with van der Waals surface area (Å²) in [4.78, 5) is 24.4. The highest BCUT2D eigenvalue weighted by atomic mass is 35.5. The van der Waals surface area contributed by atoms with Gasteiger partial charge in [0.25, 0.3) is 5.91 Å². The van der Waals surface area contributed by atoms with Crippen molar-refractivity contribution in [3.63, 3.8) is 0 Å². The van der Waals surface area contributed by atoms with Crippen molar-refractivity contribution >= 4 is 46.8 Å². The van der Waals surface area contributed by atoms with Gasteiger partial charge in [-0.05, 0) is 67.1 Å². The maximum Gasteiger partial charge on any atom is 0.338 e. The standard InChI is InChI=1S/C27H22Cl2N2O5/c1-3-35-27(33)18-8-10-20(11-9-18)31-26(32)19(15-30)13-17-7-12-24(25(14-17)34-2)36-16-21-22(28)5-4-6-23(21)29/h4-14H,3,16H2,1-2H3,(H,31,32)/b19-13+. The summed E-state index contributed by atoms with van der Waals surface area (Å²) in [5.74, 6) is -0.215. The van der Waals surface area contributed by atoms with E-state index in [1.807, 2.05) is 6.07 Å². The molecular weight excluding hydrogens is 503 g/mol. The Bertz CT molecular complexity index is 1310. The molecule has 0 saturated carbocycles. The average molecular weight is 525 g/mol. The number of hydrogen-bond acceptors (Lipinski definition) is 6. The summed E-state index contributed by atoms with van der Waals surface area (Å²) < 4.78 is 16.2. The maximum atomic E-state index is 12.6. The molecule has 36 heavy (non-hydrogen) atoms. The van der Waals surface area contributed by atoms with Crippen LogP contribution >= 0.6 is 23.2 Å². The van der Waals surface area contributed by atoms with E-state index in [-0.39, 0.29) is 18.8 Å².